The van der Waals surface area contributed by atoms with Crippen LogP contribution < -0.4 is 0 Å². The van der Waals surface area contributed by atoms with Crippen LogP contribution in [0.3, 0.4) is 0 Å². The van der Waals surface area contributed by atoms with Crippen LogP contribution in [0.1, 0.15) is 74.3 Å². The van der Waals surface area contributed by atoms with Gasteiger partial charge in [0.05, 0.1) is 30.5 Å². The first-order valence-electron chi connectivity index (χ1n) is 17.6. The van der Waals surface area contributed by atoms with E-state index in [4.69, 9.17) is 14.2 Å². The summed E-state index contributed by atoms with van der Waals surface area (Å²) < 4.78 is 16.9. The first-order valence-corrected chi connectivity index (χ1v) is 18.0. The second-order valence-corrected chi connectivity index (χ2v) is 16.1. The molecule has 1 heterocycles. The van der Waals surface area contributed by atoms with Crippen LogP contribution in [0.4, 0.5) is 5.69 Å². The Kier molecular flexibility index (Phi) is 17.3. The van der Waals surface area contributed by atoms with Crippen molar-refractivity contribution in [1.29, 1.82) is 0 Å². The fourth-order valence-corrected chi connectivity index (χ4v) is 5.67. The van der Waals surface area contributed by atoms with Gasteiger partial charge in [0.1, 0.15) is 22.8 Å². The van der Waals surface area contributed by atoms with Crippen molar-refractivity contribution in [3.8, 4) is 0 Å². The molecule has 0 radical (unpaired) electrons. The molecule has 0 aromatic heterocycles. The first kappa shape index (κ1) is 43.9. The third-order valence-electron chi connectivity index (χ3n) is 7.73. The molecule has 1 aromatic carbocycles. The molecule has 0 spiro atoms. The average molecular weight is 734 g/mol. The van der Waals surface area contributed by atoms with Gasteiger partial charge in [-0.05, 0) is 105 Å². The SMILES string of the molecule is CC(C)(C)OC(=O)CN1CCN(CC(=O)OC(C)(C)C)CCN(C(CCc2ccc(N=C=S)cc2)C(=O)O)CCN(CC(=O)OC(C)(C)C)CC1. The van der Waals surface area contributed by atoms with Gasteiger partial charge >= 0.3 is 23.9 Å². The standard InChI is InChI=1S/C37H59N5O8S/c1-35(2,3)48-31(43)24-39-16-18-40(25-32(44)49-36(4,5)6)20-22-42(23-21-41(19-17-39)26-33(45)50-37(7,8)9)30(34(46)47)15-12-28-10-13-29(14-11-28)38-27-51/h10-11,13-14,30H,12,15-26H2,1-9H3,(H,46,47). The quantitative estimate of drug-likeness (QED) is 0.143. The molecule has 1 N–H and O–H groups in total. The molecule has 1 aromatic rings. The Morgan fingerprint density at radius 2 is 1.04 bits per heavy atom. The van der Waals surface area contributed by atoms with Crippen LogP contribution in [-0.4, -0.2) is 149 Å². The van der Waals surface area contributed by atoms with E-state index in [-0.39, 0.29) is 37.5 Å². The molecular weight excluding hydrogens is 675 g/mol. The van der Waals surface area contributed by atoms with Gasteiger partial charge in [-0.2, -0.15) is 4.99 Å². The minimum atomic E-state index is -0.954. The van der Waals surface area contributed by atoms with Gasteiger partial charge in [-0.25, -0.2) is 0 Å². The summed E-state index contributed by atoms with van der Waals surface area (Å²) in [4.78, 5) is 63.4. The number of isothiocyanates is 1. The van der Waals surface area contributed by atoms with Gasteiger partial charge in [-0.1, -0.05) is 12.1 Å². The van der Waals surface area contributed by atoms with Gasteiger partial charge in [-0.3, -0.25) is 38.8 Å². The van der Waals surface area contributed by atoms with Gasteiger partial charge in [0, 0.05) is 52.4 Å². The number of hydrogen-bond donors (Lipinski definition) is 1. The number of benzene rings is 1. The maximum atomic E-state index is 13.0. The fourth-order valence-electron chi connectivity index (χ4n) is 5.56. The lowest BCUT2D eigenvalue weighted by Gasteiger charge is -2.36. The van der Waals surface area contributed by atoms with E-state index in [0.717, 1.165) is 5.56 Å². The van der Waals surface area contributed by atoms with Crippen LogP contribution in [0.5, 0.6) is 0 Å². The van der Waals surface area contributed by atoms with E-state index in [1.165, 1.54) is 0 Å². The Hall–Kier alpha value is -3.26. The summed E-state index contributed by atoms with van der Waals surface area (Å²) in [7, 11) is 0. The van der Waals surface area contributed by atoms with Crippen molar-refractivity contribution in [1.82, 2.24) is 19.6 Å². The number of carbonyl (C=O) groups is 4. The lowest BCUT2D eigenvalue weighted by atomic mass is 10.0. The highest BCUT2D eigenvalue weighted by atomic mass is 32.1. The van der Waals surface area contributed by atoms with Crippen molar-refractivity contribution in [2.75, 3.05) is 72.0 Å². The van der Waals surface area contributed by atoms with E-state index in [1.54, 1.807) is 0 Å². The Bertz CT molecular complexity index is 1300. The highest BCUT2D eigenvalue weighted by Gasteiger charge is 2.29. The van der Waals surface area contributed by atoms with E-state index in [0.29, 0.717) is 70.9 Å². The van der Waals surface area contributed by atoms with Gasteiger partial charge in [-0.15, -0.1) is 0 Å². The van der Waals surface area contributed by atoms with Gasteiger partial charge in [0.25, 0.3) is 0 Å². The van der Waals surface area contributed by atoms with Crippen LogP contribution >= 0.6 is 12.2 Å². The number of carboxylic acids is 1. The van der Waals surface area contributed by atoms with Gasteiger partial charge in [0.15, 0.2) is 0 Å². The van der Waals surface area contributed by atoms with Crippen LogP contribution in [0.15, 0.2) is 29.3 Å². The third kappa shape index (κ3) is 19.2. The maximum Gasteiger partial charge on any atom is 0.320 e. The summed E-state index contributed by atoms with van der Waals surface area (Å²) in [5, 5.41) is 12.8. The molecule has 286 valence electrons. The Labute approximate surface area is 309 Å². The summed E-state index contributed by atoms with van der Waals surface area (Å²) in [5.41, 5.74) is -0.355. The number of carboxylic acid groups (broad SMARTS) is 1. The average Bonchev–Trinajstić information content (AvgIpc) is 2.96. The van der Waals surface area contributed by atoms with E-state index in [1.807, 2.05) is 106 Å². The summed E-state index contributed by atoms with van der Waals surface area (Å²) in [6, 6.07) is 6.59. The number of rotatable bonds is 12. The molecule has 13 nitrogen and oxygen atoms in total. The lowest BCUT2D eigenvalue weighted by molar-refractivity contribution is -0.158. The maximum absolute atomic E-state index is 13.0. The molecule has 2 rings (SSSR count). The smallest absolute Gasteiger partial charge is 0.320 e. The number of aliphatic carboxylic acids is 1. The van der Waals surface area contributed by atoms with Crippen molar-refractivity contribution in [3.05, 3.63) is 29.8 Å². The minimum Gasteiger partial charge on any atom is -0.480 e. The molecule has 0 saturated carbocycles. The molecule has 14 heteroatoms. The molecule has 1 fully saturated rings. The zero-order chi connectivity index (χ0) is 38.4. The van der Waals surface area contributed by atoms with E-state index >= 15 is 0 Å². The normalized spacial score (nSPS) is 17.3. The summed E-state index contributed by atoms with van der Waals surface area (Å²) >= 11 is 4.69. The van der Waals surface area contributed by atoms with E-state index in [2.05, 4.69) is 22.4 Å². The van der Waals surface area contributed by atoms with Crippen LogP contribution in [-0.2, 0) is 39.8 Å². The first-order chi connectivity index (χ1) is 23.6. The van der Waals surface area contributed by atoms with Crippen LogP contribution in [0.2, 0.25) is 0 Å². The molecule has 1 unspecified atom stereocenters. The highest BCUT2D eigenvalue weighted by molar-refractivity contribution is 7.78. The number of esters is 3. The summed E-state index contributed by atoms with van der Waals surface area (Å²) in [6.07, 6.45) is 0.852. The molecule has 0 aliphatic carbocycles. The predicted molar refractivity (Wildman–Crippen MR) is 199 cm³/mol. The van der Waals surface area contributed by atoms with Gasteiger partial charge in [0.2, 0.25) is 0 Å². The number of nitrogens with zero attached hydrogens (tertiary/aromatic N) is 5. The van der Waals surface area contributed by atoms with Crippen molar-refractivity contribution >= 4 is 46.9 Å². The minimum absolute atomic E-state index is 0.00441. The molecule has 0 amide bonds. The lowest BCUT2D eigenvalue weighted by Crippen LogP contribution is -2.52. The zero-order valence-corrected chi connectivity index (χ0v) is 32.8. The largest absolute Gasteiger partial charge is 0.480 e. The zero-order valence-electron chi connectivity index (χ0n) is 32.0. The molecule has 1 aliphatic rings. The fraction of sp³-hybridized carbons (Fsp3) is 0.703. The Morgan fingerprint density at radius 1 is 0.686 bits per heavy atom. The van der Waals surface area contributed by atoms with Crippen LogP contribution in [0.25, 0.3) is 0 Å². The Balaban J connectivity index is 2.39. The van der Waals surface area contributed by atoms with E-state index < -0.39 is 28.8 Å². The molecule has 1 aliphatic heterocycles. The second-order valence-electron chi connectivity index (χ2n) is 15.9. The highest BCUT2D eigenvalue weighted by Crippen LogP contribution is 2.17. The van der Waals surface area contributed by atoms with Crippen molar-refractivity contribution in [3.63, 3.8) is 0 Å². The number of carbonyl (C=O) groups excluding carboxylic acids is 3. The Morgan fingerprint density at radius 3 is 1.35 bits per heavy atom. The summed E-state index contributed by atoms with van der Waals surface area (Å²) in [6.45, 7) is 19.5. The predicted octanol–water partition coefficient (Wildman–Crippen LogP) is 4.05. The number of aliphatic imine (C=N–C) groups is 1. The number of aryl methyl sites for hydroxylation is 1. The second kappa shape index (κ2) is 20.1. The van der Waals surface area contributed by atoms with Crippen molar-refractivity contribution < 1.29 is 38.5 Å². The molecule has 0 bridgehead atoms. The monoisotopic (exact) mass is 733 g/mol. The van der Waals surface area contributed by atoms with Gasteiger partial charge < -0.3 is 19.3 Å². The van der Waals surface area contributed by atoms with E-state index in [9.17, 15) is 24.3 Å². The number of hydrogen-bond acceptors (Lipinski definition) is 13. The molecule has 51 heavy (non-hydrogen) atoms. The van der Waals surface area contributed by atoms with Crippen LogP contribution in [0, 0.1) is 0 Å². The molecule has 1 saturated heterocycles. The number of ether oxygens (including phenoxy) is 3. The number of thiocarbonyl (C=S) groups is 1. The van der Waals surface area contributed by atoms with Crippen molar-refractivity contribution in [2.24, 2.45) is 4.99 Å². The summed E-state index contributed by atoms with van der Waals surface area (Å²) in [5.74, 6) is -2.10. The molecular formula is C37H59N5O8S. The van der Waals surface area contributed by atoms with Crippen molar-refractivity contribution in [2.45, 2.75) is 98.0 Å². The topological polar surface area (TPSA) is 142 Å². The third-order valence-corrected chi connectivity index (χ3v) is 7.82. The molecule has 1 atom stereocenters.